The smallest absolute Gasteiger partial charge is 0.246 e. The normalized spacial score (nSPS) is 18.6. The minimum Gasteiger partial charge on any atom is -0.486 e. The number of ketones is 1. The van der Waals surface area contributed by atoms with Crippen molar-refractivity contribution >= 4 is 17.8 Å². The lowest BCUT2D eigenvalue weighted by Gasteiger charge is -2.44. The summed E-state index contributed by atoms with van der Waals surface area (Å²) in [5, 5.41) is 0. The van der Waals surface area contributed by atoms with Gasteiger partial charge in [-0.2, -0.15) is 0 Å². The summed E-state index contributed by atoms with van der Waals surface area (Å²) in [5.74, 6) is 1.46. The number of likely N-dealkylation sites (tertiary alicyclic amines) is 1. The quantitative estimate of drug-likeness (QED) is 0.757. The van der Waals surface area contributed by atoms with Gasteiger partial charge in [-0.1, -0.05) is 6.07 Å². The van der Waals surface area contributed by atoms with Crippen LogP contribution in [0.15, 0.2) is 41.0 Å². The van der Waals surface area contributed by atoms with Gasteiger partial charge in [-0.25, -0.2) is 0 Å². The molecule has 1 fully saturated rings. The van der Waals surface area contributed by atoms with E-state index in [1.807, 2.05) is 26.0 Å². The summed E-state index contributed by atoms with van der Waals surface area (Å²) >= 11 is 0. The Morgan fingerprint density at radius 2 is 2.00 bits per heavy atom. The van der Waals surface area contributed by atoms with Crippen molar-refractivity contribution in [1.82, 2.24) is 4.90 Å². The van der Waals surface area contributed by atoms with Crippen molar-refractivity contribution in [2.24, 2.45) is 0 Å². The molecule has 1 saturated heterocycles. The molecular weight excluding hydrogens is 342 g/mol. The van der Waals surface area contributed by atoms with Crippen LogP contribution in [-0.2, 0) is 4.79 Å². The maximum absolute atomic E-state index is 12.7. The van der Waals surface area contributed by atoms with Crippen molar-refractivity contribution < 1.29 is 18.7 Å². The molecule has 0 saturated carbocycles. The van der Waals surface area contributed by atoms with Gasteiger partial charge in [0.15, 0.2) is 5.78 Å². The van der Waals surface area contributed by atoms with Gasteiger partial charge < -0.3 is 14.1 Å². The number of nitrogens with zero attached hydrogens (tertiary/aromatic N) is 1. The first-order valence-corrected chi connectivity index (χ1v) is 9.30. The molecule has 3 heterocycles. The summed E-state index contributed by atoms with van der Waals surface area (Å²) in [4.78, 5) is 26.9. The summed E-state index contributed by atoms with van der Waals surface area (Å²) in [6.07, 6.45) is 6.49. The Hall–Kier alpha value is -2.82. The topological polar surface area (TPSA) is 59.8 Å². The van der Waals surface area contributed by atoms with Crippen LogP contribution in [0.1, 0.15) is 46.5 Å². The molecule has 0 bridgehead atoms. The Bertz CT molecular complexity index is 903. The highest BCUT2D eigenvalue weighted by molar-refractivity contribution is 6.01. The van der Waals surface area contributed by atoms with Gasteiger partial charge in [0.25, 0.3) is 0 Å². The van der Waals surface area contributed by atoms with Crippen molar-refractivity contribution in [3.05, 3.63) is 59.1 Å². The minimum absolute atomic E-state index is 0.0457. The number of carbonyl (C=O) groups excluding carboxylic acids is 2. The van der Waals surface area contributed by atoms with Crippen LogP contribution in [0.25, 0.3) is 6.08 Å². The predicted octanol–water partition coefficient (Wildman–Crippen LogP) is 3.94. The molecule has 0 N–H and O–H groups in total. The predicted molar refractivity (Wildman–Crippen MR) is 102 cm³/mol. The number of carbonyl (C=O) groups is 2. The molecule has 1 aromatic heterocycles. The fraction of sp³-hybridized carbons (Fsp3) is 0.364. The molecule has 5 nitrogen and oxygen atoms in total. The summed E-state index contributed by atoms with van der Waals surface area (Å²) in [6.45, 7) is 5.13. The number of furan rings is 1. The molecule has 5 heteroatoms. The van der Waals surface area contributed by atoms with Crippen molar-refractivity contribution in [3.8, 4) is 5.75 Å². The number of Topliss-reactive ketones (excluding diaryl/α,β-unsaturated/α-hetero) is 1. The standard InChI is InChI=1S/C22H23NO4/c1-15-12-16(2)21-18(13-15)19(24)14-22(27-21)7-9-23(10-8-22)20(25)6-5-17-4-3-11-26-17/h3-6,11-13H,7-10,14H2,1-2H3/b6-5+. The largest absolute Gasteiger partial charge is 0.486 e. The first-order valence-electron chi connectivity index (χ1n) is 9.30. The zero-order chi connectivity index (χ0) is 19.0. The van der Waals surface area contributed by atoms with E-state index >= 15 is 0 Å². The van der Waals surface area contributed by atoms with Crippen LogP contribution in [-0.4, -0.2) is 35.3 Å². The van der Waals surface area contributed by atoms with Gasteiger partial charge in [-0.15, -0.1) is 0 Å². The fourth-order valence-electron chi connectivity index (χ4n) is 4.00. The van der Waals surface area contributed by atoms with E-state index in [2.05, 4.69) is 0 Å². The lowest BCUT2D eigenvalue weighted by atomic mass is 9.81. The van der Waals surface area contributed by atoms with Gasteiger partial charge in [0.1, 0.15) is 17.1 Å². The van der Waals surface area contributed by atoms with Crippen LogP contribution in [0.2, 0.25) is 0 Å². The molecule has 140 valence electrons. The lowest BCUT2D eigenvalue weighted by molar-refractivity contribution is -0.129. The van der Waals surface area contributed by atoms with Crippen molar-refractivity contribution in [2.75, 3.05) is 13.1 Å². The SMILES string of the molecule is Cc1cc(C)c2c(c1)C(=O)CC1(CCN(C(=O)/C=C/c3ccco3)CC1)O2. The van der Waals surface area contributed by atoms with Crippen molar-refractivity contribution in [3.63, 3.8) is 0 Å². The number of fused-ring (bicyclic) bond motifs is 1. The number of benzene rings is 1. The average molecular weight is 365 g/mol. The molecule has 4 rings (SSSR count). The van der Waals surface area contributed by atoms with Crippen molar-refractivity contribution in [1.29, 1.82) is 0 Å². The van der Waals surface area contributed by atoms with E-state index in [-0.39, 0.29) is 11.7 Å². The second-order valence-corrected chi connectivity index (χ2v) is 7.52. The molecule has 0 aliphatic carbocycles. The van der Waals surface area contributed by atoms with Gasteiger partial charge in [0.2, 0.25) is 5.91 Å². The average Bonchev–Trinajstić information content (AvgIpc) is 3.15. The Balaban J connectivity index is 1.45. The maximum Gasteiger partial charge on any atom is 0.246 e. The third-order valence-corrected chi connectivity index (χ3v) is 5.44. The molecule has 1 spiro atoms. The summed E-state index contributed by atoms with van der Waals surface area (Å²) in [7, 11) is 0. The lowest BCUT2D eigenvalue weighted by Crippen LogP contribution is -2.52. The van der Waals surface area contributed by atoms with E-state index in [1.54, 1.807) is 29.4 Å². The number of hydrogen-bond acceptors (Lipinski definition) is 4. The van der Waals surface area contributed by atoms with Crippen LogP contribution in [0.3, 0.4) is 0 Å². The fourth-order valence-corrected chi connectivity index (χ4v) is 4.00. The highest BCUT2D eigenvalue weighted by Crippen LogP contribution is 2.41. The first-order chi connectivity index (χ1) is 13.0. The van der Waals surface area contributed by atoms with E-state index in [4.69, 9.17) is 9.15 Å². The molecule has 0 unspecified atom stereocenters. The number of piperidine rings is 1. The Labute approximate surface area is 158 Å². The number of amides is 1. The van der Waals surface area contributed by atoms with E-state index in [0.717, 1.165) is 11.1 Å². The molecule has 2 aliphatic rings. The second-order valence-electron chi connectivity index (χ2n) is 7.52. The zero-order valence-corrected chi connectivity index (χ0v) is 15.7. The van der Waals surface area contributed by atoms with Gasteiger partial charge in [-0.3, -0.25) is 9.59 Å². The molecule has 0 radical (unpaired) electrons. The van der Waals surface area contributed by atoms with Gasteiger partial charge in [0, 0.05) is 32.0 Å². The second kappa shape index (κ2) is 6.72. The Morgan fingerprint density at radius 1 is 1.22 bits per heavy atom. The number of rotatable bonds is 2. The van der Waals surface area contributed by atoms with Gasteiger partial charge >= 0.3 is 0 Å². The monoisotopic (exact) mass is 365 g/mol. The number of hydrogen-bond donors (Lipinski definition) is 0. The van der Waals surface area contributed by atoms with Crippen molar-refractivity contribution in [2.45, 2.75) is 38.7 Å². The van der Waals surface area contributed by atoms with E-state index in [0.29, 0.717) is 49.4 Å². The highest BCUT2D eigenvalue weighted by atomic mass is 16.5. The third kappa shape index (κ3) is 3.42. The molecule has 0 atom stereocenters. The minimum atomic E-state index is -0.494. The summed E-state index contributed by atoms with van der Waals surface area (Å²) in [6, 6.07) is 7.55. The van der Waals surface area contributed by atoms with Crippen LogP contribution in [0.5, 0.6) is 5.75 Å². The highest BCUT2D eigenvalue weighted by Gasteiger charge is 2.43. The van der Waals surface area contributed by atoms with E-state index < -0.39 is 5.60 Å². The summed E-state index contributed by atoms with van der Waals surface area (Å²) in [5.41, 5.74) is 2.27. The van der Waals surface area contributed by atoms with Crippen LogP contribution < -0.4 is 4.74 Å². The van der Waals surface area contributed by atoms with E-state index in [9.17, 15) is 9.59 Å². The first kappa shape index (κ1) is 17.6. The van der Waals surface area contributed by atoms with Gasteiger partial charge in [-0.05, 0) is 49.2 Å². The van der Waals surface area contributed by atoms with Crippen LogP contribution >= 0.6 is 0 Å². The zero-order valence-electron chi connectivity index (χ0n) is 15.7. The third-order valence-electron chi connectivity index (χ3n) is 5.44. The molecule has 2 aliphatic heterocycles. The molecule has 27 heavy (non-hydrogen) atoms. The summed E-state index contributed by atoms with van der Waals surface area (Å²) < 4.78 is 11.6. The molecule has 1 amide bonds. The molecular formula is C22H23NO4. The number of ether oxygens (including phenoxy) is 1. The number of aryl methyl sites for hydroxylation is 2. The Morgan fingerprint density at radius 3 is 2.70 bits per heavy atom. The van der Waals surface area contributed by atoms with Crippen LogP contribution in [0, 0.1) is 13.8 Å². The molecule has 1 aromatic carbocycles. The van der Waals surface area contributed by atoms with E-state index in [1.165, 1.54) is 6.08 Å². The Kier molecular flexibility index (Phi) is 4.38. The maximum atomic E-state index is 12.7. The van der Waals surface area contributed by atoms with Crippen LogP contribution in [0.4, 0.5) is 0 Å². The van der Waals surface area contributed by atoms with Gasteiger partial charge in [0.05, 0.1) is 18.2 Å². The molecule has 2 aromatic rings.